The SMILES string of the molecule is Cc1ccccc1[C@H](C)NC(=O)CN(CC(N)=O)CC(C)C. The van der Waals surface area contributed by atoms with Crippen LogP contribution in [0.25, 0.3) is 0 Å². The molecule has 0 aromatic heterocycles. The molecule has 0 saturated heterocycles. The van der Waals surface area contributed by atoms with Crippen molar-refractivity contribution >= 4 is 11.8 Å². The summed E-state index contributed by atoms with van der Waals surface area (Å²) in [5.74, 6) is -0.154. The predicted octanol–water partition coefficient (Wildman–Crippen LogP) is 1.62. The van der Waals surface area contributed by atoms with Crippen molar-refractivity contribution in [2.24, 2.45) is 11.7 Å². The molecule has 1 aromatic rings. The first-order valence-corrected chi connectivity index (χ1v) is 7.65. The van der Waals surface area contributed by atoms with Crippen molar-refractivity contribution in [3.63, 3.8) is 0 Å². The van der Waals surface area contributed by atoms with Crippen molar-refractivity contribution in [2.45, 2.75) is 33.7 Å². The smallest absolute Gasteiger partial charge is 0.234 e. The van der Waals surface area contributed by atoms with Gasteiger partial charge in [-0.05, 0) is 30.9 Å². The van der Waals surface area contributed by atoms with Gasteiger partial charge in [-0.25, -0.2) is 0 Å². The van der Waals surface area contributed by atoms with Crippen molar-refractivity contribution in [2.75, 3.05) is 19.6 Å². The molecule has 0 bridgehead atoms. The summed E-state index contributed by atoms with van der Waals surface area (Å²) in [6, 6.07) is 7.91. The molecular weight excluding hydrogens is 278 g/mol. The highest BCUT2D eigenvalue weighted by Gasteiger charge is 2.17. The van der Waals surface area contributed by atoms with Crippen molar-refractivity contribution < 1.29 is 9.59 Å². The number of nitrogens with zero attached hydrogens (tertiary/aromatic N) is 1. The number of hydrogen-bond donors (Lipinski definition) is 2. The zero-order chi connectivity index (χ0) is 16.7. The molecule has 0 aliphatic heterocycles. The monoisotopic (exact) mass is 305 g/mol. The van der Waals surface area contributed by atoms with E-state index in [-0.39, 0.29) is 25.0 Å². The van der Waals surface area contributed by atoms with Crippen LogP contribution in [-0.2, 0) is 9.59 Å². The number of hydrogen-bond acceptors (Lipinski definition) is 3. The van der Waals surface area contributed by atoms with Gasteiger partial charge in [-0.2, -0.15) is 0 Å². The largest absolute Gasteiger partial charge is 0.369 e. The van der Waals surface area contributed by atoms with Crippen LogP contribution in [0.1, 0.15) is 37.9 Å². The fourth-order valence-electron chi connectivity index (χ4n) is 2.56. The van der Waals surface area contributed by atoms with E-state index in [1.807, 2.05) is 52.0 Å². The lowest BCUT2D eigenvalue weighted by atomic mass is 10.0. The maximum atomic E-state index is 12.2. The minimum Gasteiger partial charge on any atom is -0.369 e. The van der Waals surface area contributed by atoms with Gasteiger partial charge in [0.2, 0.25) is 11.8 Å². The van der Waals surface area contributed by atoms with E-state index in [0.717, 1.165) is 11.1 Å². The van der Waals surface area contributed by atoms with Crippen LogP contribution in [-0.4, -0.2) is 36.3 Å². The van der Waals surface area contributed by atoms with Gasteiger partial charge in [0.1, 0.15) is 0 Å². The van der Waals surface area contributed by atoms with Crippen molar-refractivity contribution in [3.05, 3.63) is 35.4 Å². The van der Waals surface area contributed by atoms with Crippen molar-refractivity contribution in [1.29, 1.82) is 0 Å². The quantitative estimate of drug-likeness (QED) is 0.766. The number of carbonyl (C=O) groups is 2. The van der Waals surface area contributed by atoms with E-state index in [2.05, 4.69) is 5.32 Å². The third-order valence-electron chi connectivity index (χ3n) is 3.40. The van der Waals surface area contributed by atoms with Gasteiger partial charge < -0.3 is 11.1 Å². The third kappa shape index (κ3) is 6.26. The number of aryl methyl sites for hydroxylation is 1. The zero-order valence-corrected chi connectivity index (χ0v) is 13.9. The summed E-state index contributed by atoms with van der Waals surface area (Å²) in [5, 5.41) is 2.98. The van der Waals surface area contributed by atoms with Gasteiger partial charge in [0.25, 0.3) is 0 Å². The third-order valence-corrected chi connectivity index (χ3v) is 3.40. The Balaban J connectivity index is 2.62. The number of carbonyl (C=O) groups excluding carboxylic acids is 2. The number of primary amides is 1. The summed E-state index contributed by atoms with van der Waals surface area (Å²) in [5.41, 5.74) is 7.49. The van der Waals surface area contributed by atoms with Gasteiger partial charge in [0.15, 0.2) is 0 Å². The molecule has 0 aliphatic carbocycles. The molecule has 5 nitrogen and oxygen atoms in total. The van der Waals surface area contributed by atoms with Crippen LogP contribution >= 0.6 is 0 Å². The maximum absolute atomic E-state index is 12.2. The number of benzene rings is 1. The van der Waals surface area contributed by atoms with Crippen LogP contribution in [0.2, 0.25) is 0 Å². The Morgan fingerprint density at radius 3 is 2.36 bits per heavy atom. The minimum absolute atomic E-state index is 0.0665. The maximum Gasteiger partial charge on any atom is 0.234 e. The lowest BCUT2D eigenvalue weighted by molar-refractivity contribution is -0.124. The molecule has 0 unspecified atom stereocenters. The number of nitrogens with two attached hydrogens (primary N) is 1. The molecule has 1 atom stereocenters. The lowest BCUT2D eigenvalue weighted by Gasteiger charge is -2.23. The molecule has 0 aliphatic rings. The second-order valence-corrected chi connectivity index (χ2v) is 6.18. The molecule has 5 heteroatoms. The first-order valence-electron chi connectivity index (χ1n) is 7.65. The Kier molecular flexibility index (Phi) is 7.05. The lowest BCUT2D eigenvalue weighted by Crippen LogP contribution is -2.43. The molecule has 0 radical (unpaired) electrons. The Morgan fingerprint density at radius 2 is 1.82 bits per heavy atom. The number of nitrogens with one attached hydrogen (secondary N) is 1. The molecule has 0 heterocycles. The van der Waals surface area contributed by atoms with Crippen LogP contribution < -0.4 is 11.1 Å². The topological polar surface area (TPSA) is 75.4 Å². The molecule has 3 N–H and O–H groups in total. The number of amides is 2. The second kappa shape index (κ2) is 8.54. The molecule has 122 valence electrons. The first-order chi connectivity index (χ1) is 10.3. The average Bonchev–Trinajstić information content (AvgIpc) is 2.36. The predicted molar refractivity (Wildman–Crippen MR) is 88.2 cm³/mol. The number of rotatable bonds is 8. The first kappa shape index (κ1) is 18.2. The van der Waals surface area contributed by atoms with E-state index in [4.69, 9.17) is 5.73 Å². The van der Waals surface area contributed by atoms with E-state index >= 15 is 0 Å². The van der Waals surface area contributed by atoms with Crippen molar-refractivity contribution in [1.82, 2.24) is 10.2 Å². The second-order valence-electron chi connectivity index (χ2n) is 6.18. The average molecular weight is 305 g/mol. The summed E-state index contributed by atoms with van der Waals surface area (Å²) < 4.78 is 0. The molecule has 1 rings (SSSR count). The van der Waals surface area contributed by atoms with E-state index in [0.29, 0.717) is 12.5 Å². The van der Waals surface area contributed by atoms with Gasteiger partial charge in [0, 0.05) is 6.54 Å². The fraction of sp³-hybridized carbons (Fsp3) is 0.529. The highest BCUT2D eigenvalue weighted by atomic mass is 16.2. The zero-order valence-electron chi connectivity index (χ0n) is 13.9. The van der Waals surface area contributed by atoms with E-state index in [1.165, 1.54) is 0 Å². The Labute approximate surface area is 132 Å². The van der Waals surface area contributed by atoms with E-state index in [1.54, 1.807) is 4.90 Å². The van der Waals surface area contributed by atoms with Crippen LogP contribution in [0, 0.1) is 12.8 Å². The van der Waals surface area contributed by atoms with E-state index < -0.39 is 5.91 Å². The molecule has 22 heavy (non-hydrogen) atoms. The molecule has 2 amide bonds. The Bertz CT molecular complexity index is 514. The van der Waals surface area contributed by atoms with Gasteiger partial charge in [-0.1, -0.05) is 38.1 Å². The summed E-state index contributed by atoms with van der Waals surface area (Å²) >= 11 is 0. The summed E-state index contributed by atoms with van der Waals surface area (Å²) in [4.78, 5) is 25.1. The van der Waals surface area contributed by atoms with Gasteiger partial charge in [-0.15, -0.1) is 0 Å². The highest BCUT2D eigenvalue weighted by Crippen LogP contribution is 2.16. The fourth-order valence-corrected chi connectivity index (χ4v) is 2.56. The van der Waals surface area contributed by atoms with E-state index in [9.17, 15) is 9.59 Å². The Morgan fingerprint density at radius 1 is 1.18 bits per heavy atom. The van der Waals surface area contributed by atoms with Crippen LogP contribution in [0.5, 0.6) is 0 Å². The molecule has 0 fully saturated rings. The highest BCUT2D eigenvalue weighted by molar-refractivity contribution is 5.80. The van der Waals surface area contributed by atoms with Gasteiger partial charge in [0.05, 0.1) is 19.1 Å². The minimum atomic E-state index is -0.416. The van der Waals surface area contributed by atoms with Gasteiger partial charge in [-0.3, -0.25) is 14.5 Å². The molecule has 0 spiro atoms. The molecule has 1 aromatic carbocycles. The standard InChI is InChI=1S/C17H27N3O2/c1-12(2)9-20(10-16(18)21)11-17(22)19-14(4)15-8-6-5-7-13(15)3/h5-8,12,14H,9-11H2,1-4H3,(H2,18,21)(H,19,22)/t14-/m0/s1. The summed E-state index contributed by atoms with van der Waals surface area (Å²) in [7, 11) is 0. The molecular formula is C17H27N3O2. The van der Waals surface area contributed by atoms with Crippen molar-refractivity contribution in [3.8, 4) is 0 Å². The van der Waals surface area contributed by atoms with Crippen LogP contribution in [0.3, 0.4) is 0 Å². The summed E-state index contributed by atoms with van der Waals surface area (Å²) in [6.45, 7) is 9.01. The van der Waals surface area contributed by atoms with Gasteiger partial charge >= 0.3 is 0 Å². The van der Waals surface area contributed by atoms with Crippen LogP contribution in [0.15, 0.2) is 24.3 Å². The Hall–Kier alpha value is -1.88. The molecule has 0 saturated carbocycles. The van der Waals surface area contributed by atoms with Crippen LogP contribution in [0.4, 0.5) is 0 Å². The normalized spacial score (nSPS) is 12.5. The summed E-state index contributed by atoms with van der Waals surface area (Å²) in [6.07, 6.45) is 0.